The molecule has 1 saturated heterocycles. The third-order valence-corrected chi connectivity index (χ3v) is 4.26. The third-order valence-electron chi connectivity index (χ3n) is 4.26. The summed E-state index contributed by atoms with van der Waals surface area (Å²) in [7, 11) is 0. The Morgan fingerprint density at radius 3 is 2.00 bits per heavy atom. The van der Waals surface area contributed by atoms with E-state index in [1.54, 1.807) is 6.07 Å². The summed E-state index contributed by atoms with van der Waals surface area (Å²) in [4.78, 5) is 30.9. The van der Waals surface area contributed by atoms with Gasteiger partial charge in [0.25, 0.3) is 11.8 Å². The van der Waals surface area contributed by atoms with Crippen LogP contribution in [0.4, 0.5) is 17.6 Å². The standard InChI is InChI=1S/C18H15F4N3O2/c19-14-4-2-1-3-13(14)17(27)25-9-7-24(8-10-25)16(26)12-5-6-15(23-11-12)18(20,21)22/h1-6,11H,7-10H2. The van der Waals surface area contributed by atoms with Gasteiger partial charge in [-0.05, 0) is 24.3 Å². The number of hydrogen-bond acceptors (Lipinski definition) is 3. The molecule has 0 radical (unpaired) electrons. The molecule has 0 saturated carbocycles. The van der Waals surface area contributed by atoms with E-state index in [4.69, 9.17) is 0 Å². The number of rotatable bonds is 2. The molecule has 3 rings (SSSR count). The van der Waals surface area contributed by atoms with E-state index in [2.05, 4.69) is 4.98 Å². The van der Waals surface area contributed by atoms with Crippen molar-refractivity contribution in [1.29, 1.82) is 0 Å². The number of carbonyl (C=O) groups is 2. The summed E-state index contributed by atoms with van der Waals surface area (Å²) in [5.74, 6) is -1.54. The van der Waals surface area contributed by atoms with Crippen molar-refractivity contribution in [3.05, 3.63) is 65.2 Å². The van der Waals surface area contributed by atoms with Gasteiger partial charge in [-0.1, -0.05) is 12.1 Å². The summed E-state index contributed by atoms with van der Waals surface area (Å²) < 4.78 is 51.4. The van der Waals surface area contributed by atoms with E-state index in [1.165, 1.54) is 28.0 Å². The number of alkyl halides is 3. The molecule has 0 N–H and O–H groups in total. The second kappa shape index (κ2) is 7.34. The monoisotopic (exact) mass is 381 g/mol. The van der Waals surface area contributed by atoms with E-state index in [1.807, 2.05) is 0 Å². The van der Waals surface area contributed by atoms with Crippen molar-refractivity contribution in [3.8, 4) is 0 Å². The maximum Gasteiger partial charge on any atom is 0.433 e. The Hall–Kier alpha value is -2.97. The van der Waals surface area contributed by atoms with Crippen LogP contribution in [0.1, 0.15) is 26.4 Å². The minimum atomic E-state index is -4.57. The molecule has 2 heterocycles. The van der Waals surface area contributed by atoms with Crippen LogP contribution in [0.25, 0.3) is 0 Å². The van der Waals surface area contributed by atoms with E-state index >= 15 is 0 Å². The number of nitrogens with zero attached hydrogens (tertiary/aromatic N) is 3. The van der Waals surface area contributed by atoms with Gasteiger partial charge >= 0.3 is 6.18 Å². The second-order valence-electron chi connectivity index (χ2n) is 5.99. The van der Waals surface area contributed by atoms with Crippen LogP contribution in [-0.4, -0.2) is 52.8 Å². The topological polar surface area (TPSA) is 53.5 Å². The maximum atomic E-state index is 13.7. The molecule has 27 heavy (non-hydrogen) atoms. The van der Waals surface area contributed by atoms with Gasteiger partial charge in [0, 0.05) is 32.4 Å². The fourth-order valence-corrected chi connectivity index (χ4v) is 2.79. The summed E-state index contributed by atoms with van der Waals surface area (Å²) >= 11 is 0. The highest BCUT2D eigenvalue weighted by molar-refractivity contribution is 5.96. The van der Waals surface area contributed by atoms with Gasteiger partial charge in [-0.2, -0.15) is 13.2 Å². The van der Waals surface area contributed by atoms with Crippen LogP contribution in [0.2, 0.25) is 0 Å². The molecule has 9 heteroatoms. The highest BCUT2D eigenvalue weighted by Gasteiger charge is 2.33. The van der Waals surface area contributed by atoms with Gasteiger partial charge in [-0.3, -0.25) is 14.6 Å². The van der Waals surface area contributed by atoms with Crippen LogP contribution < -0.4 is 0 Å². The Balaban J connectivity index is 1.63. The van der Waals surface area contributed by atoms with Gasteiger partial charge in [0.2, 0.25) is 0 Å². The molecule has 1 aromatic carbocycles. The van der Waals surface area contributed by atoms with Crippen LogP contribution in [-0.2, 0) is 6.18 Å². The number of amides is 2. The lowest BCUT2D eigenvalue weighted by Crippen LogP contribution is -2.50. The number of pyridine rings is 1. The SMILES string of the molecule is O=C(c1ccc(C(F)(F)F)nc1)N1CCN(C(=O)c2ccccc2F)CC1. The van der Waals surface area contributed by atoms with Crippen molar-refractivity contribution in [2.45, 2.75) is 6.18 Å². The zero-order valence-electron chi connectivity index (χ0n) is 14.0. The van der Waals surface area contributed by atoms with Crippen molar-refractivity contribution in [3.63, 3.8) is 0 Å². The Bertz CT molecular complexity index is 844. The van der Waals surface area contributed by atoms with E-state index in [0.717, 1.165) is 18.3 Å². The Labute approximate surface area is 152 Å². The van der Waals surface area contributed by atoms with Crippen LogP contribution >= 0.6 is 0 Å². The average molecular weight is 381 g/mol. The normalized spacial score (nSPS) is 15.0. The van der Waals surface area contributed by atoms with Gasteiger partial charge in [0.15, 0.2) is 0 Å². The van der Waals surface area contributed by atoms with Crippen molar-refractivity contribution in [2.24, 2.45) is 0 Å². The lowest BCUT2D eigenvalue weighted by atomic mass is 10.1. The van der Waals surface area contributed by atoms with E-state index in [0.29, 0.717) is 0 Å². The highest BCUT2D eigenvalue weighted by Crippen LogP contribution is 2.27. The molecule has 0 unspecified atom stereocenters. The fraction of sp³-hybridized carbons (Fsp3) is 0.278. The molecular formula is C18H15F4N3O2. The zero-order valence-corrected chi connectivity index (χ0v) is 14.0. The Kier molecular flexibility index (Phi) is 5.11. The van der Waals surface area contributed by atoms with Gasteiger partial charge in [-0.15, -0.1) is 0 Å². The largest absolute Gasteiger partial charge is 0.433 e. The summed E-state index contributed by atoms with van der Waals surface area (Å²) in [5, 5.41) is 0. The fourth-order valence-electron chi connectivity index (χ4n) is 2.79. The second-order valence-corrected chi connectivity index (χ2v) is 5.99. The first-order chi connectivity index (χ1) is 12.8. The first-order valence-corrected chi connectivity index (χ1v) is 8.13. The molecular weight excluding hydrogens is 366 g/mol. The highest BCUT2D eigenvalue weighted by atomic mass is 19.4. The average Bonchev–Trinajstić information content (AvgIpc) is 2.67. The minimum Gasteiger partial charge on any atom is -0.335 e. The predicted molar refractivity (Wildman–Crippen MR) is 87.4 cm³/mol. The van der Waals surface area contributed by atoms with Gasteiger partial charge in [0.05, 0.1) is 11.1 Å². The molecule has 1 fully saturated rings. The molecule has 0 bridgehead atoms. The van der Waals surface area contributed by atoms with Gasteiger partial charge in [0.1, 0.15) is 11.5 Å². The zero-order chi connectivity index (χ0) is 19.6. The number of halogens is 4. The summed E-state index contributed by atoms with van der Waals surface area (Å²) in [5.41, 5.74) is -1.07. The Morgan fingerprint density at radius 2 is 1.48 bits per heavy atom. The maximum absolute atomic E-state index is 13.7. The van der Waals surface area contributed by atoms with Gasteiger partial charge < -0.3 is 9.80 Å². The first kappa shape index (κ1) is 18.8. The summed E-state index contributed by atoms with van der Waals surface area (Å²) in [6, 6.07) is 7.47. The molecule has 1 aliphatic rings. The molecule has 1 aliphatic heterocycles. The van der Waals surface area contributed by atoms with Crippen LogP contribution in [0, 0.1) is 5.82 Å². The van der Waals surface area contributed by atoms with Crippen molar-refractivity contribution in [2.75, 3.05) is 26.2 Å². The van der Waals surface area contributed by atoms with Gasteiger partial charge in [-0.25, -0.2) is 4.39 Å². The molecule has 0 spiro atoms. The molecule has 0 aliphatic carbocycles. The minimum absolute atomic E-state index is 0.0378. The lowest BCUT2D eigenvalue weighted by molar-refractivity contribution is -0.141. The summed E-state index contributed by atoms with van der Waals surface area (Å²) in [6.45, 7) is 0.792. The van der Waals surface area contributed by atoms with Crippen molar-refractivity contribution in [1.82, 2.24) is 14.8 Å². The van der Waals surface area contributed by atoms with E-state index < -0.39 is 29.5 Å². The number of benzene rings is 1. The lowest BCUT2D eigenvalue weighted by Gasteiger charge is -2.34. The molecule has 0 atom stereocenters. The van der Waals surface area contributed by atoms with Crippen LogP contribution in [0.15, 0.2) is 42.6 Å². The molecule has 1 aromatic heterocycles. The van der Waals surface area contributed by atoms with E-state index in [-0.39, 0.29) is 37.3 Å². The van der Waals surface area contributed by atoms with Crippen molar-refractivity contribution >= 4 is 11.8 Å². The van der Waals surface area contributed by atoms with Crippen LogP contribution in [0.3, 0.4) is 0 Å². The quantitative estimate of drug-likeness (QED) is 0.752. The number of aromatic nitrogens is 1. The molecule has 142 valence electrons. The van der Waals surface area contributed by atoms with Crippen LogP contribution in [0.5, 0.6) is 0 Å². The number of carbonyl (C=O) groups excluding carboxylic acids is 2. The molecule has 2 aromatic rings. The molecule has 2 amide bonds. The summed E-state index contributed by atoms with van der Waals surface area (Å²) in [6.07, 6.45) is -3.68. The third kappa shape index (κ3) is 4.07. The Morgan fingerprint density at radius 1 is 0.889 bits per heavy atom. The van der Waals surface area contributed by atoms with E-state index in [9.17, 15) is 27.2 Å². The van der Waals surface area contributed by atoms with Crippen molar-refractivity contribution < 1.29 is 27.2 Å². The number of piperazine rings is 1. The smallest absolute Gasteiger partial charge is 0.335 e. The predicted octanol–water partition coefficient (Wildman–Crippen LogP) is 2.84. The number of hydrogen-bond donors (Lipinski definition) is 0. The molecule has 5 nitrogen and oxygen atoms in total. The first-order valence-electron chi connectivity index (χ1n) is 8.13.